The number of carbonyl (C=O) groups excluding carboxylic acids is 2. The number of carbonyl (C=O) groups is 2. The second kappa shape index (κ2) is 13.4. The lowest BCUT2D eigenvalue weighted by Gasteiger charge is -2.47. The first-order chi connectivity index (χ1) is 22.0. The molecule has 8 nitrogen and oxygen atoms in total. The predicted molar refractivity (Wildman–Crippen MR) is 182 cm³/mol. The number of nitrogens with one attached hydrogen (secondary N) is 2. The van der Waals surface area contributed by atoms with Crippen LogP contribution in [0, 0.1) is 17.8 Å². The van der Waals surface area contributed by atoms with Gasteiger partial charge >= 0.3 is 0 Å². The summed E-state index contributed by atoms with van der Waals surface area (Å²) in [5.41, 5.74) is 3.39. The van der Waals surface area contributed by atoms with Crippen molar-refractivity contribution in [3.05, 3.63) is 58.1 Å². The lowest BCUT2D eigenvalue weighted by Crippen LogP contribution is -2.52. The molecule has 5 atom stereocenters. The van der Waals surface area contributed by atoms with Crippen LogP contribution in [0.1, 0.15) is 100 Å². The molecule has 2 bridgehead atoms. The fourth-order valence-electron chi connectivity index (χ4n) is 8.22. The highest BCUT2D eigenvalue weighted by molar-refractivity contribution is 7.90. The largest absolute Gasteiger partial charge is 0.490 e. The molecule has 2 aromatic rings. The molecule has 2 aliphatic heterocycles. The summed E-state index contributed by atoms with van der Waals surface area (Å²) in [5, 5.41) is 3.46. The summed E-state index contributed by atoms with van der Waals surface area (Å²) in [6, 6.07) is 11.5. The standard InChI is InChI=1S/C36H48ClN3O5S/c1-4-28-9-5-6-10-31(38-34(41)23(2)3)29-14-11-26(29)20-40-21-36(17-7-8-24-18-27(37)13-15-30(24)36)22-45-33-16-12-25(19-32(33)40)35(42)39-46(28,43)44/h12-13,15-16,18-19,23,26,28-29,31H,4-11,14,17,20-22H2,1-3H3,(H,38,41)(H,39,42)/t26-,28+,29+,31+,36-/m0/s1. The van der Waals surface area contributed by atoms with Gasteiger partial charge in [-0.05, 0) is 105 Å². The quantitative estimate of drug-likeness (QED) is 0.393. The van der Waals surface area contributed by atoms with Crippen molar-refractivity contribution in [3.8, 4) is 5.75 Å². The fraction of sp³-hybridized carbons (Fsp3) is 0.611. The molecule has 1 spiro atoms. The lowest BCUT2D eigenvalue weighted by atomic mass is 9.67. The van der Waals surface area contributed by atoms with Crippen LogP contribution in [0.25, 0.3) is 0 Å². The summed E-state index contributed by atoms with van der Waals surface area (Å²) in [6.45, 7) is 7.68. The second-order valence-electron chi connectivity index (χ2n) is 14.3. The molecule has 2 amide bonds. The zero-order chi connectivity index (χ0) is 32.6. The van der Waals surface area contributed by atoms with Gasteiger partial charge < -0.3 is 15.0 Å². The first-order valence-corrected chi connectivity index (χ1v) is 19.1. The van der Waals surface area contributed by atoms with E-state index in [-0.39, 0.29) is 23.3 Å². The Hall–Kier alpha value is -2.78. The molecule has 0 aromatic heterocycles. The molecular formula is C36H48ClN3O5S. The van der Waals surface area contributed by atoms with Crippen molar-refractivity contribution in [1.29, 1.82) is 0 Å². The van der Waals surface area contributed by atoms with Crippen molar-refractivity contribution in [2.75, 3.05) is 24.6 Å². The van der Waals surface area contributed by atoms with E-state index in [1.54, 1.807) is 6.07 Å². The molecule has 0 unspecified atom stereocenters. The van der Waals surface area contributed by atoms with Gasteiger partial charge in [0.2, 0.25) is 15.9 Å². The zero-order valence-corrected chi connectivity index (χ0v) is 28.9. The van der Waals surface area contributed by atoms with E-state index in [2.05, 4.69) is 27.1 Å². The van der Waals surface area contributed by atoms with Gasteiger partial charge in [0, 0.05) is 41.1 Å². The van der Waals surface area contributed by atoms with Gasteiger partial charge in [-0.1, -0.05) is 51.3 Å². The van der Waals surface area contributed by atoms with Crippen molar-refractivity contribution < 1.29 is 22.7 Å². The SMILES string of the molecule is CC[C@@H]1CCCC[C@@H](NC(=O)C(C)C)[C@@H]2CC[C@H]2CN2C[C@@]3(CCCc4cc(Cl)ccc43)COc3ccc(cc32)C(=O)NS1(=O)=O. The summed E-state index contributed by atoms with van der Waals surface area (Å²) in [7, 11) is -3.88. The van der Waals surface area contributed by atoms with Gasteiger partial charge in [-0.3, -0.25) is 9.59 Å². The van der Waals surface area contributed by atoms with Gasteiger partial charge in [0.15, 0.2) is 0 Å². The normalized spacial score (nSPS) is 29.4. The molecule has 2 N–H and O–H groups in total. The maximum atomic E-state index is 13.5. The number of hydrogen-bond donors (Lipinski definition) is 2. The number of benzene rings is 2. The van der Waals surface area contributed by atoms with E-state index in [0.29, 0.717) is 55.6 Å². The highest BCUT2D eigenvalue weighted by atomic mass is 35.5. The summed E-state index contributed by atoms with van der Waals surface area (Å²) >= 11 is 6.43. The number of hydrogen-bond acceptors (Lipinski definition) is 6. The summed E-state index contributed by atoms with van der Waals surface area (Å²) in [5.74, 6) is 0.742. The molecule has 1 saturated carbocycles. The summed E-state index contributed by atoms with van der Waals surface area (Å²) in [4.78, 5) is 28.8. The monoisotopic (exact) mass is 669 g/mol. The third-order valence-electron chi connectivity index (χ3n) is 11.0. The first kappa shape index (κ1) is 33.1. The Morgan fingerprint density at radius 2 is 1.91 bits per heavy atom. The van der Waals surface area contributed by atoms with Crippen LogP contribution in [-0.4, -0.2) is 51.2 Å². The predicted octanol–water partition coefficient (Wildman–Crippen LogP) is 6.39. The van der Waals surface area contributed by atoms with Gasteiger partial charge in [0.25, 0.3) is 5.91 Å². The van der Waals surface area contributed by atoms with E-state index in [1.165, 1.54) is 11.1 Å². The van der Waals surface area contributed by atoms with Crippen LogP contribution in [0.2, 0.25) is 5.02 Å². The number of anilines is 1. The molecule has 4 aliphatic rings. The zero-order valence-electron chi connectivity index (χ0n) is 27.3. The third kappa shape index (κ3) is 6.64. The van der Waals surface area contributed by atoms with Crippen molar-refractivity contribution in [1.82, 2.24) is 10.0 Å². The second-order valence-corrected chi connectivity index (χ2v) is 16.7. The highest BCUT2D eigenvalue weighted by Gasteiger charge is 2.45. The minimum atomic E-state index is -3.88. The van der Waals surface area contributed by atoms with E-state index in [0.717, 1.165) is 62.2 Å². The van der Waals surface area contributed by atoms with Crippen LogP contribution in [-0.2, 0) is 26.7 Å². The molecule has 0 radical (unpaired) electrons. The Morgan fingerprint density at radius 3 is 2.65 bits per heavy atom. The number of halogens is 1. The maximum Gasteiger partial charge on any atom is 0.264 e. The smallest absolute Gasteiger partial charge is 0.264 e. The number of sulfonamides is 1. The molecule has 0 saturated heterocycles. The number of amides is 2. The van der Waals surface area contributed by atoms with Gasteiger partial charge in [-0.25, -0.2) is 13.1 Å². The maximum absolute atomic E-state index is 13.5. The van der Waals surface area contributed by atoms with Gasteiger partial charge in [0.05, 0.1) is 17.5 Å². The van der Waals surface area contributed by atoms with E-state index in [9.17, 15) is 18.0 Å². The first-order valence-electron chi connectivity index (χ1n) is 17.2. The molecule has 1 fully saturated rings. The number of rotatable bonds is 3. The average molecular weight is 670 g/mol. The van der Waals surface area contributed by atoms with Crippen LogP contribution < -0.4 is 19.7 Å². The summed E-state index contributed by atoms with van der Waals surface area (Å²) < 4.78 is 35.8. The third-order valence-corrected chi connectivity index (χ3v) is 13.2. The van der Waals surface area contributed by atoms with E-state index < -0.39 is 21.2 Å². The Kier molecular flexibility index (Phi) is 9.64. The Balaban J connectivity index is 1.41. The van der Waals surface area contributed by atoms with Crippen molar-refractivity contribution in [2.45, 2.75) is 102 Å². The van der Waals surface area contributed by atoms with E-state index in [1.807, 2.05) is 39.0 Å². The molecule has 2 aliphatic carbocycles. The molecule has 6 rings (SSSR count). The van der Waals surface area contributed by atoms with Crippen LogP contribution in [0.3, 0.4) is 0 Å². The molecule has 10 heteroatoms. The number of aryl methyl sites for hydroxylation is 1. The lowest BCUT2D eigenvalue weighted by molar-refractivity contribution is -0.125. The fourth-order valence-corrected chi connectivity index (χ4v) is 9.87. The molecule has 2 aromatic carbocycles. The van der Waals surface area contributed by atoms with E-state index >= 15 is 0 Å². The van der Waals surface area contributed by atoms with Crippen molar-refractivity contribution >= 4 is 39.1 Å². The van der Waals surface area contributed by atoms with Crippen LogP contribution in [0.4, 0.5) is 5.69 Å². The average Bonchev–Trinajstić information content (AvgIpc) is 3.15. The van der Waals surface area contributed by atoms with Crippen molar-refractivity contribution in [2.24, 2.45) is 17.8 Å². The van der Waals surface area contributed by atoms with Gasteiger partial charge in [0.1, 0.15) is 5.75 Å². The van der Waals surface area contributed by atoms with Gasteiger partial charge in [-0.2, -0.15) is 0 Å². The number of fused-ring (bicyclic) bond motifs is 4. The highest BCUT2D eigenvalue weighted by Crippen LogP contribution is 2.47. The van der Waals surface area contributed by atoms with Crippen LogP contribution in [0.15, 0.2) is 36.4 Å². The topological polar surface area (TPSA) is 105 Å². The van der Waals surface area contributed by atoms with Gasteiger partial charge in [-0.15, -0.1) is 0 Å². The Bertz CT molecular complexity index is 1580. The molecule has 2 heterocycles. The molecule has 46 heavy (non-hydrogen) atoms. The molecule has 250 valence electrons. The number of ether oxygens (including phenoxy) is 1. The van der Waals surface area contributed by atoms with Crippen molar-refractivity contribution in [3.63, 3.8) is 0 Å². The van der Waals surface area contributed by atoms with E-state index in [4.69, 9.17) is 16.3 Å². The minimum Gasteiger partial charge on any atom is -0.490 e. The van der Waals surface area contributed by atoms with Crippen LogP contribution in [0.5, 0.6) is 5.75 Å². The Labute approximate surface area is 279 Å². The number of nitrogens with zero attached hydrogens (tertiary/aromatic N) is 1. The Morgan fingerprint density at radius 1 is 1.11 bits per heavy atom. The minimum absolute atomic E-state index is 0.0403. The molecular weight excluding hydrogens is 622 g/mol. The van der Waals surface area contributed by atoms with Crippen LogP contribution >= 0.6 is 11.6 Å². The summed E-state index contributed by atoms with van der Waals surface area (Å²) in [6.07, 6.45) is 8.32.